The summed E-state index contributed by atoms with van der Waals surface area (Å²) in [5, 5.41) is 24.3. The number of carbonyl (C=O) groups excluding carboxylic acids is 1. The molecule has 220 valence electrons. The highest BCUT2D eigenvalue weighted by atomic mass is 32.1. The van der Waals surface area contributed by atoms with Gasteiger partial charge in [0.05, 0.1) is 32.5 Å². The van der Waals surface area contributed by atoms with Gasteiger partial charge in [-0.15, -0.1) is 11.3 Å². The largest absolute Gasteiger partial charge is 0.507 e. The summed E-state index contributed by atoms with van der Waals surface area (Å²) in [5.41, 5.74) is 5.97. The summed E-state index contributed by atoms with van der Waals surface area (Å²) in [6.45, 7) is 6.86. The van der Waals surface area contributed by atoms with E-state index >= 15 is 0 Å². The number of phenols is 1. The SMILES string of the molecule is COc1c(CN2CCOCC2)cc(O)c(C=O)c1-c1csc2cccc(-c3ccccc3C(C)N3CCC[C@@H]3CO)c12. The second-order valence-corrected chi connectivity index (χ2v) is 12.1. The summed E-state index contributed by atoms with van der Waals surface area (Å²) in [6.07, 6.45) is 2.82. The van der Waals surface area contributed by atoms with Gasteiger partial charge in [-0.05, 0) is 60.5 Å². The van der Waals surface area contributed by atoms with Gasteiger partial charge < -0.3 is 19.7 Å². The summed E-state index contributed by atoms with van der Waals surface area (Å²) in [5.74, 6) is 0.569. The van der Waals surface area contributed by atoms with Gasteiger partial charge in [0.15, 0.2) is 6.29 Å². The highest BCUT2D eigenvalue weighted by Gasteiger charge is 2.31. The van der Waals surface area contributed by atoms with Crippen LogP contribution in [0.4, 0.5) is 0 Å². The fourth-order valence-corrected chi connectivity index (χ4v) is 7.78. The minimum atomic E-state index is -0.0426. The van der Waals surface area contributed by atoms with E-state index in [2.05, 4.69) is 64.6 Å². The van der Waals surface area contributed by atoms with Crippen molar-refractivity contribution in [1.29, 1.82) is 0 Å². The van der Waals surface area contributed by atoms with Gasteiger partial charge in [0.25, 0.3) is 0 Å². The number of nitrogens with zero attached hydrogens (tertiary/aromatic N) is 2. The molecule has 3 aromatic carbocycles. The van der Waals surface area contributed by atoms with Crippen molar-refractivity contribution < 1.29 is 24.5 Å². The van der Waals surface area contributed by atoms with Crippen molar-refractivity contribution in [2.45, 2.75) is 38.4 Å². The van der Waals surface area contributed by atoms with Crippen molar-refractivity contribution in [1.82, 2.24) is 9.80 Å². The molecule has 2 fully saturated rings. The maximum Gasteiger partial charge on any atom is 0.154 e. The Hall–Kier alpha value is -3.27. The van der Waals surface area contributed by atoms with E-state index in [1.807, 2.05) is 0 Å². The number of carbonyl (C=O) groups is 1. The Morgan fingerprint density at radius 3 is 2.64 bits per heavy atom. The molecule has 0 spiro atoms. The average Bonchev–Trinajstić information content (AvgIpc) is 3.68. The highest BCUT2D eigenvalue weighted by molar-refractivity contribution is 7.17. The Morgan fingerprint density at radius 1 is 1.10 bits per heavy atom. The molecule has 2 saturated heterocycles. The molecule has 1 unspecified atom stereocenters. The Morgan fingerprint density at radius 2 is 1.88 bits per heavy atom. The van der Waals surface area contributed by atoms with Gasteiger partial charge in [-0.25, -0.2) is 0 Å². The molecule has 7 nitrogen and oxygen atoms in total. The number of hydrogen-bond acceptors (Lipinski definition) is 8. The van der Waals surface area contributed by atoms with Gasteiger partial charge >= 0.3 is 0 Å². The lowest BCUT2D eigenvalue weighted by Crippen LogP contribution is -2.35. The van der Waals surface area contributed by atoms with Gasteiger partial charge in [0.2, 0.25) is 0 Å². The predicted molar refractivity (Wildman–Crippen MR) is 168 cm³/mol. The Kier molecular flexibility index (Phi) is 8.60. The number of thiophene rings is 1. The minimum absolute atomic E-state index is 0.0426. The fraction of sp³-hybridized carbons (Fsp3) is 0.382. The lowest BCUT2D eigenvalue weighted by molar-refractivity contribution is 0.0339. The molecule has 2 N–H and O–H groups in total. The lowest BCUT2D eigenvalue weighted by atomic mass is 9.88. The minimum Gasteiger partial charge on any atom is -0.507 e. The molecule has 1 aromatic heterocycles. The monoisotopic (exact) mass is 586 g/mol. The molecule has 2 atom stereocenters. The number of rotatable bonds is 9. The van der Waals surface area contributed by atoms with E-state index in [1.54, 1.807) is 24.5 Å². The number of aliphatic hydroxyl groups excluding tert-OH is 1. The normalized spacial score (nSPS) is 18.9. The first-order valence-corrected chi connectivity index (χ1v) is 15.6. The first-order chi connectivity index (χ1) is 20.5. The summed E-state index contributed by atoms with van der Waals surface area (Å²) in [4.78, 5) is 17.2. The number of fused-ring (bicyclic) bond motifs is 1. The van der Waals surface area contributed by atoms with Crippen molar-refractivity contribution in [3.63, 3.8) is 0 Å². The predicted octanol–water partition coefficient (Wildman–Crippen LogP) is 6.11. The second-order valence-electron chi connectivity index (χ2n) is 11.2. The van der Waals surface area contributed by atoms with Crippen LogP contribution in [0.25, 0.3) is 32.3 Å². The molecular formula is C34H38N2O5S. The molecule has 0 amide bonds. The van der Waals surface area contributed by atoms with E-state index in [4.69, 9.17) is 9.47 Å². The van der Waals surface area contributed by atoms with Gasteiger partial charge in [0, 0.05) is 58.5 Å². The van der Waals surface area contributed by atoms with Crippen LogP contribution >= 0.6 is 11.3 Å². The Balaban J connectivity index is 1.53. The van der Waals surface area contributed by atoms with Crippen molar-refractivity contribution >= 4 is 27.7 Å². The number of ether oxygens (including phenoxy) is 2. The molecule has 0 bridgehead atoms. The van der Waals surface area contributed by atoms with E-state index in [0.29, 0.717) is 31.1 Å². The van der Waals surface area contributed by atoms with E-state index in [9.17, 15) is 15.0 Å². The fourth-order valence-electron chi connectivity index (χ4n) is 6.80. The van der Waals surface area contributed by atoms with Crippen LogP contribution in [0.5, 0.6) is 11.5 Å². The average molecular weight is 587 g/mol. The first-order valence-electron chi connectivity index (χ1n) is 14.7. The van der Waals surface area contributed by atoms with Crippen LogP contribution in [0, 0.1) is 0 Å². The molecule has 42 heavy (non-hydrogen) atoms. The quantitative estimate of drug-likeness (QED) is 0.229. The first kappa shape index (κ1) is 28.8. The smallest absolute Gasteiger partial charge is 0.154 e. The topological polar surface area (TPSA) is 82.5 Å². The number of aromatic hydroxyl groups is 1. The van der Waals surface area contributed by atoms with Crippen LogP contribution in [-0.4, -0.2) is 78.9 Å². The maximum atomic E-state index is 12.5. The van der Waals surface area contributed by atoms with Gasteiger partial charge in [-0.3, -0.25) is 14.6 Å². The maximum absolute atomic E-state index is 12.5. The molecule has 3 heterocycles. The van der Waals surface area contributed by atoms with Gasteiger partial charge in [0.1, 0.15) is 11.5 Å². The van der Waals surface area contributed by atoms with Crippen molar-refractivity contribution in [3.8, 4) is 33.8 Å². The van der Waals surface area contributed by atoms with Crippen LogP contribution in [-0.2, 0) is 11.3 Å². The molecular weight excluding hydrogens is 548 g/mol. The number of phenolic OH excluding ortho intramolecular Hbond substituents is 1. The molecule has 8 heteroatoms. The molecule has 6 rings (SSSR count). The van der Waals surface area contributed by atoms with E-state index in [0.717, 1.165) is 71.1 Å². The van der Waals surface area contributed by atoms with Gasteiger partial charge in [-0.1, -0.05) is 36.4 Å². The highest BCUT2D eigenvalue weighted by Crippen LogP contribution is 2.48. The molecule has 2 aliphatic rings. The summed E-state index contributed by atoms with van der Waals surface area (Å²) in [7, 11) is 1.63. The number of aliphatic hydroxyl groups is 1. The number of benzene rings is 3. The summed E-state index contributed by atoms with van der Waals surface area (Å²) < 4.78 is 12.7. The molecule has 4 aromatic rings. The van der Waals surface area contributed by atoms with Crippen LogP contribution in [0.1, 0.15) is 47.3 Å². The molecule has 2 aliphatic heterocycles. The molecule has 0 radical (unpaired) electrons. The Bertz CT molecular complexity index is 1580. The second kappa shape index (κ2) is 12.5. The van der Waals surface area contributed by atoms with Crippen LogP contribution in [0.2, 0.25) is 0 Å². The van der Waals surface area contributed by atoms with E-state index in [-0.39, 0.29) is 30.0 Å². The van der Waals surface area contributed by atoms with E-state index in [1.165, 1.54) is 5.56 Å². The van der Waals surface area contributed by atoms with Gasteiger partial charge in [-0.2, -0.15) is 0 Å². The lowest BCUT2D eigenvalue weighted by Gasteiger charge is -2.31. The van der Waals surface area contributed by atoms with Crippen LogP contribution < -0.4 is 4.74 Å². The number of morpholine rings is 1. The number of aldehydes is 1. The Labute approximate surface area is 250 Å². The molecule has 0 saturated carbocycles. The third-order valence-electron chi connectivity index (χ3n) is 8.90. The van der Waals surface area contributed by atoms with Crippen LogP contribution in [0.15, 0.2) is 53.9 Å². The number of hydrogen-bond donors (Lipinski definition) is 2. The standard InChI is InChI=1S/C34H38N2O5S/c1-22(36-12-6-7-24(36)19-37)25-8-3-4-9-26(25)27-10-5-11-31-32(27)29(21-42-31)33-28(20-38)30(39)17-23(34(33)40-2)18-35-13-15-41-16-14-35/h3-5,8-11,17,20-22,24,37,39H,6-7,12-16,18-19H2,1-2H3/t22?,24-/m1/s1. The van der Waals surface area contributed by atoms with Crippen molar-refractivity contribution in [2.75, 3.05) is 46.6 Å². The van der Waals surface area contributed by atoms with Crippen LogP contribution in [0.3, 0.4) is 0 Å². The molecule has 0 aliphatic carbocycles. The zero-order valence-corrected chi connectivity index (χ0v) is 25.0. The number of methoxy groups -OCH3 is 1. The summed E-state index contributed by atoms with van der Waals surface area (Å²) >= 11 is 1.62. The summed E-state index contributed by atoms with van der Waals surface area (Å²) in [6, 6.07) is 16.8. The zero-order chi connectivity index (χ0) is 29.2. The van der Waals surface area contributed by atoms with Crippen molar-refractivity contribution in [3.05, 3.63) is 70.6 Å². The third-order valence-corrected chi connectivity index (χ3v) is 9.84. The van der Waals surface area contributed by atoms with E-state index < -0.39 is 0 Å². The number of likely N-dealkylation sites (tertiary alicyclic amines) is 1. The zero-order valence-electron chi connectivity index (χ0n) is 24.2. The third kappa shape index (κ3) is 5.23. The van der Waals surface area contributed by atoms with Crippen molar-refractivity contribution in [2.24, 2.45) is 0 Å².